The number of carbonyl (C=O) groups excluding carboxylic acids is 2. The van der Waals surface area contributed by atoms with Gasteiger partial charge >= 0.3 is 11.9 Å². The predicted octanol–water partition coefficient (Wildman–Crippen LogP) is 2.17. The molecular weight excluding hydrogens is 220 g/mol. The highest BCUT2D eigenvalue weighted by atomic mass is 16.5. The van der Waals surface area contributed by atoms with Gasteiger partial charge in [0, 0.05) is 12.2 Å². The highest BCUT2D eigenvalue weighted by molar-refractivity contribution is 5.91. The van der Waals surface area contributed by atoms with Gasteiger partial charge in [-0.05, 0) is 19.3 Å². The molecule has 0 saturated carbocycles. The van der Waals surface area contributed by atoms with Gasteiger partial charge in [0.1, 0.15) is 0 Å². The minimum Gasteiger partial charge on any atom is -0.466 e. The standard InChI is InChI=1S/C13H18O4/c1-3-4-5-6-7-8-11-17-13(15)10-9-12(14)16-2/h3,6-7,9-10H,1,4-5,8,11H2,2H3/b7-6+,10-9+. The van der Waals surface area contributed by atoms with E-state index < -0.39 is 11.9 Å². The lowest BCUT2D eigenvalue weighted by Crippen LogP contribution is -2.03. The van der Waals surface area contributed by atoms with Crippen molar-refractivity contribution in [1.82, 2.24) is 0 Å². The molecule has 0 aliphatic rings. The van der Waals surface area contributed by atoms with Crippen LogP contribution >= 0.6 is 0 Å². The molecule has 4 heteroatoms. The summed E-state index contributed by atoms with van der Waals surface area (Å²) >= 11 is 0. The third kappa shape index (κ3) is 10.4. The Bertz CT molecular complexity index is 303. The molecule has 0 unspecified atom stereocenters. The fourth-order valence-corrected chi connectivity index (χ4v) is 0.930. The van der Waals surface area contributed by atoms with Crippen molar-refractivity contribution in [3.63, 3.8) is 0 Å². The van der Waals surface area contributed by atoms with E-state index in [-0.39, 0.29) is 0 Å². The molecule has 94 valence electrons. The third-order valence-corrected chi connectivity index (χ3v) is 1.79. The van der Waals surface area contributed by atoms with Gasteiger partial charge in [0.2, 0.25) is 0 Å². The van der Waals surface area contributed by atoms with Gasteiger partial charge in [-0.1, -0.05) is 18.2 Å². The minimum absolute atomic E-state index is 0.301. The molecule has 0 spiro atoms. The van der Waals surface area contributed by atoms with E-state index in [1.807, 2.05) is 18.2 Å². The van der Waals surface area contributed by atoms with Crippen molar-refractivity contribution in [2.24, 2.45) is 0 Å². The Labute approximate surface area is 102 Å². The van der Waals surface area contributed by atoms with Crippen molar-refractivity contribution in [2.45, 2.75) is 19.3 Å². The molecule has 0 radical (unpaired) electrons. The molecule has 17 heavy (non-hydrogen) atoms. The molecule has 0 aromatic carbocycles. The zero-order valence-electron chi connectivity index (χ0n) is 10.1. The minimum atomic E-state index is -0.578. The first-order valence-corrected chi connectivity index (χ1v) is 5.39. The van der Waals surface area contributed by atoms with Gasteiger partial charge in [0.25, 0.3) is 0 Å². The lowest BCUT2D eigenvalue weighted by Gasteiger charge is -1.97. The number of hydrogen-bond acceptors (Lipinski definition) is 4. The molecule has 0 aliphatic carbocycles. The molecule has 0 rings (SSSR count). The summed E-state index contributed by atoms with van der Waals surface area (Å²) in [6.45, 7) is 3.91. The average Bonchev–Trinajstić information content (AvgIpc) is 2.34. The molecule has 0 amide bonds. The van der Waals surface area contributed by atoms with Crippen LogP contribution in [0.25, 0.3) is 0 Å². The molecule has 4 nitrogen and oxygen atoms in total. The molecule has 0 aliphatic heterocycles. The number of hydrogen-bond donors (Lipinski definition) is 0. The molecule has 0 atom stereocenters. The van der Waals surface area contributed by atoms with Crippen LogP contribution in [-0.4, -0.2) is 25.7 Å². The molecule has 0 heterocycles. The maximum Gasteiger partial charge on any atom is 0.331 e. The third-order valence-electron chi connectivity index (χ3n) is 1.79. The molecule has 0 fully saturated rings. The van der Waals surface area contributed by atoms with Crippen molar-refractivity contribution in [2.75, 3.05) is 13.7 Å². The molecular formula is C13H18O4. The van der Waals surface area contributed by atoms with Crippen molar-refractivity contribution < 1.29 is 19.1 Å². The quantitative estimate of drug-likeness (QED) is 0.281. The summed E-state index contributed by atoms with van der Waals surface area (Å²) in [4.78, 5) is 21.7. The van der Waals surface area contributed by atoms with Crippen molar-refractivity contribution in [3.05, 3.63) is 37.0 Å². The zero-order chi connectivity index (χ0) is 12.9. The topological polar surface area (TPSA) is 52.6 Å². The van der Waals surface area contributed by atoms with Gasteiger partial charge in [0.15, 0.2) is 0 Å². The van der Waals surface area contributed by atoms with Gasteiger partial charge in [-0.15, -0.1) is 6.58 Å². The summed E-state index contributed by atoms with van der Waals surface area (Å²) in [7, 11) is 1.24. The van der Waals surface area contributed by atoms with Gasteiger partial charge in [-0.2, -0.15) is 0 Å². The van der Waals surface area contributed by atoms with Crippen LogP contribution in [0.2, 0.25) is 0 Å². The van der Waals surface area contributed by atoms with Crippen LogP contribution in [0.3, 0.4) is 0 Å². The molecule has 0 aromatic rings. The molecule has 0 aromatic heterocycles. The fourth-order valence-electron chi connectivity index (χ4n) is 0.930. The summed E-state index contributed by atoms with van der Waals surface area (Å²) in [5.74, 6) is -1.12. The number of ether oxygens (including phenoxy) is 2. The van der Waals surface area contributed by atoms with Gasteiger partial charge in [-0.25, -0.2) is 9.59 Å². The predicted molar refractivity (Wildman–Crippen MR) is 65.3 cm³/mol. The van der Waals surface area contributed by atoms with Crippen LogP contribution in [0.4, 0.5) is 0 Å². The Morgan fingerprint density at radius 1 is 1.06 bits per heavy atom. The number of carbonyl (C=O) groups is 2. The number of esters is 2. The SMILES string of the molecule is C=CCC/C=C/CCOC(=O)/C=C/C(=O)OC. The van der Waals surface area contributed by atoms with E-state index >= 15 is 0 Å². The summed E-state index contributed by atoms with van der Waals surface area (Å²) in [6.07, 6.45) is 10.4. The smallest absolute Gasteiger partial charge is 0.331 e. The van der Waals surface area contributed by atoms with Crippen LogP contribution in [0, 0.1) is 0 Å². The van der Waals surface area contributed by atoms with Crippen LogP contribution < -0.4 is 0 Å². The maximum absolute atomic E-state index is 11.0. The lowest BCUT2D eigenvalue weighted by molar-refractivity contribution is -0.139. The maximum atomic E-state index is 11.0. The van der Waals surface area contributed by atoms with E-state index in [0.29, 0.717) is 13.0 Å². The second kappa shape index (κ2) is 10.7. The molecule has 0 N–H and O–H groups in total. The van der Waals surface area contributed by atoms with Crippen LogP contribution in [0.15, 0.2) is 37.0 Å². The van der Waals surface area contributed by atoms with Crippen LogP contribution in [0.5, 0.6) is 0 Å². The average molecular weight is 238 g/mol. The monoisotopic (exact) mass is 238 g/mol. The van der Waals surface area contributed by atoms with Crippen molar-refractivity contribution >= 4 is 11.9 Å². The number of unbranched alkanes of at least 4 members (excludes halogenated alkanes) is 1. The van der Waals surface area contributed by atoms with Crippen molar-refractivity contribution in [3.8, 4) is 0 Å². The Kier molecular flexibility index (Phi) is 9.52. The van der Waals surface area contributed by atoms with E-state index in [2.05, 4.69) is 11.3 Å². The number of allylic oxidation sites excluding steroid dienone is 2. The summed E-state index contributed by atoms with van der Waals surface area (Å²) < 4.78 is 9.17. The summed E-state index contributed by atoms with van der Waals surface area (Å²) in [5.41, 5.74) is 0. The molecule has 0 saturated heterocycles. The Balaban J connectivity index is 3.58. The Hall–Kier alpha value is -1.84. The Morgan fingerprint density at radius 2 is 1.71 bits per heavy atom. The highest BCUT2D eigenvalue weighted by Gasteiger charge is 1.97. The number of methoxy groups -OCH3 is 1. The normalized spacial score (nSPS) is 10.6. The first-order chi connectivity index (χ1) is 8.20. The van der Waals surface area contributed by atoms with E-state index in [0.717, 1.165) is 25.0 Å². The largest absolute Gasteiger partial charge is 0.466 e. The van der Waals surface area contributed by atoms with E-state index in [9.17, 15) is 9.59 Å². The van der Waals surface area contributed by atoms with Gasteiger partial charge in [0.05, 0.1) is 13.7 Å². The first-order valence-electron chi connectivity index (χ1n) is 5.39. The second-order valence-corrected chi connectivity index (χ2v) is 3.15. The second-order valence-electron chi connectivity index (χ2n) is 3.15. The fraction of sp³-hybridized carbons (Fsp3) is 0.385. The summed E-state index contributed by atoms with van der Waals surface area (Å²) in [5, 5.41) is 0. The van der Waals surface area contributed by atoms with E-state index in [1.54, 1.807) is 0 Å². The number of rotatable bonds is 8. The lowest BCUT2D eigenvalue weighted by atomic mass is 10.2. The van der Waals surface area contributed by atoms with E-state index in [1.165, 1.54) is 7.11 Å². The van der Waals surface area contributed by atoms with Crippen LogP contribution in [0.1, 0.15) is 19.3 Å². The Morgan fingerprint density at radius 3 is 2.35 bits per heavy atom. The highest BCUT2D eigenvalue weighted by Crippen LogP contribution is 1.94. The van der Waals surface area contributed by atoms with Gasteiger partial charge in [-0.3, -0.25) is 0 Å². The summed E-state index contributed by atoms with van der Waals surface area (Å²) in [6, 6.07) is 0. The van der Waals surface area contributed by atoms with E-state index in [4.69, 9.17) is 4.74 Å². The first kappa shape index (κ1) is 15.2. The zero-order valence-corrected chi connectivity index (χ0v) is 10.1. The van der Waals surface area contributed by atoms with Crippen molar-refractivity contribution in [1.29, 1.82) is 0 Å². The molecule has 0 bridgehead atoms. The van der Waals surface area contributed by atoms with Crippen LogP contribution in [-0.2, 0) is 19.1 Å². The van der Waals surface area contributed by atoms with Gasteiger partial charge < -0.3 is 9.47 Å².